The van der Waals surface area contributed by atoms with Crippen molar-refractivity contribution in [1.29, 1.82) is 0 Å². The van der Waals surface area contributed by atoms with Crippen LogP contribution in [0.4, 0.5) is 41.3 Å². The van der Waals surface area contributed by atoms with Gasteiger partial charge in [-0.15, -0.1) is 0 Å². The summed E-state index contributed by atoms with van der Waals surface area (Å²) in [6, 6.07) is -1.08. The number of aromatic nitrogens is 2. The molecule has 9 nitrogen and oxygen atoms in total. The molecule has 1 unspecified atom stereocenters. The van der Waals surface area contributed by atoms with Crippen molar-refractivity contribution in [2.45, 2.75) is 25.1 Å². The van der Waals surface area contributed by atoms with Gasteiger partial charge in [0, 0.05) is 44.5 Å². The number of carbonyl (C=O) groups is 2. The van der Waals surface area contributed by atoms with Crippen molar-refractivity contribution in [3.05, 3.63) is 63.5 Å². The van der Waals surface area contributed by atoms with Gasteiger partial charge in [-0.05, 0) is 24.8 Å². The smallest absolute Gasteiger partial charge is 0.408 e. The van der Waals surface area contributed by atoms with Crippen LogP contribution in [-0.4, -0.2) is 70.0 Å². The van der Waals surface area contributed by atoms with Crippen LogP contribution in [0.25, 0.3) is 16.7 Å². The second-order valence-electron chi connectivity index (χ2n) is 9.71. The molecule has 3 aromatic rings. The number of nitrogens with one attached hydrogen (secondary N) is 1. The lowest BCUT2D eigenvalue weighted by atomic mass is 10.1. The van der Waals surface area contributed by atoms with E-state index in [-0.39, 0.29) is 39.0 Å². The first-order valence-corrected chi connectivity index (χ1v) is 12.3. The summed E-state index contributed by atoms with van der Waals surface area (Å²) in [7, 11) is 0. The number of rotatable bonds is 5. The maximum absolute atomic E-state index is 15.3. The molecule has 1 saturated carbocycles. The summed E-state index contributed by atoms with van der Waals surface area (Å²) >= 11 is 0. The Labute approximate surface area is 225 Å². The Morgan fingerprint density at radius 3 is 2.12 bits per heavy atom. The highest BCUT2D eigenvalue weighted by molar-refractivity contribution is 5.97. The molecule has 1 saturated heterocycles. The standard InChI is InChI=1S/C25H20F7N5O4/c26-12-7-15(27)18(16(28)8-12)37-10-14(23(39)33-20(11-1-2-11)25(30,31)32)19(38)13-9-17(29)22(34-21(13)37)35-3-5-36(6-4-35)24(40)41/h7-11,20H,1-6H2,(H,33,39)(H,40,41). The topological polar surface area (TPSA) is 108 Å². The highest BCUT2D eigenvalue weighted by Gasteiger charge is 2.50. The number of hydrogen-bond acceptors (Lipinski definition) is 5. The van der Waals surface area contributed by atoms with Gasteiger partial charge in [0.1, 0.15) is 23.1 Å². The van der Waals surface area contributed by atoms with E-state index >= 15 is 4.39 Å². The number of nitrogens with zero attached hydrogens (tertiary/aromatic N) is 4. The summed E-state index contributed by atoms with van der Waals surface area (Å²) in [5.74, 6) is -8.29. The maximum atomic E-state index is 15.3. The van der Waals surface area contributed by atoms with Crippen LogP contribution in [0.3, 0.4) is 0 Å². The third-order valence-electron chi connectivity index (χ3n) is 6.96. The average molecular weight is 587 g/mol. The van der Waals surface area contributed by atoms with E-state index in [0.29, 0.717) is 29.0 Å². The van der Waals surface area contributed by atoms with Crippen LogP contribution in [0, 0.1) is 29.2 Å². The molecule has 2 N–H and O–H groups in total. The largest absolute Gasteiger partial charge is 0.465 e. The van der Waals surface area contributed by atoms with Gasteiger partial charge < -0.3 is 20.2 Å². The third kappa shape index (κ3) is 5.37. The number of pyridine rings is 2. The van der Waals surface area contributed by atoms with E-state index in [1.165, 1.54) is 4.90 Å². The summed E-state index contributed by atoms with van der Waals surface area (Å²) in [5.41, 5.74) is -3.86. The molecule has 3 heterocycles. The minimum Gasteiger partial charge on any atom is -0.465 e. The molecule has 0 spiro atoms. The maximum Gasteiger partial charge on any atom is 0.408 e. The van der Waals surface area contributed by atoms with E-state index < -0.39 is 86.9 Å². The van der Waals surface area contributed by atoms with Crippen molar-refractivity contribution in [3.8, 4) is 5.69 Å². The van der Waals surface area contributed by atoms with E-state index in [2.05, 4.69) is 4.98 Å². The van der Waals surface area contributed by atoms with Crippen LogP contribution in [-0.2, 0) is 0 Å². The molecule has 1 aromatic carbocycles. The number of hydrogen-bond donors (Lipinski definition) is 2. The van der Waals surface area contributed by atoms with Crippen LogP contribution in [0.5, 0.6) is 0 Å². The zero-order valence-corrected chi connectivity index (χ0v) is 20.8. The predicted octanol–water partition coefficient (Wildman–Crippen LogP) is 3.81. The second-order valence-corrected chi connectivity index (χ2v) is 9.71. The third-order valence-corrected chi connectivity index (χ3v) is 6.96. The van der Waals surface area contributed by atoms with Gasteiger partial charge in [-0.1, -0.05) is 0 Å². The van der Waals surface area contributed by atoms with Crippen molar-refractivity contribution >= 4 is 28.9 Å². The molecular formula is C25H20F7N5O4. The molecule has 2 aromatic heterocycles. The SMILES string of the molecule is O=C(NC(C1CC1)C(F)(F)F)c1cn(-c2c(F)cc(F)cc2F)c2nc(N3CCN(C(=O)O)CC3)c(F)cc2c1=O. The summed E-state index contributed by atoms with van der Waals surface area (Å²) in [6.07, 6.45) is -5.13. The van der Waals surface area contributed by atoms with Crippen molar-refractivity contribution in [1.82, 2.24) is 19.8 Å². The predicted molar refractivity (Wildman–Crippen MR) is 129 cm³/mol. The normalized spacial score (nSPS) is 16.7. The zero-order valence-electron chi connectivity index (χ0n) is 20.8. The monoisotopic (exact) mass is 587 g/mol. The number of carbonyl (C=O) groups excluding carboxylic acids is 1. The van der Waals surface area contributed by atoms with Gasteiger partial charge in [-0.2, -0.15) is 13.2 Å². The second kappa shape index (κ2) is 10.2. The first kappa shape index (κ1) is 28.2. The first-order chi connectivity index (χ1) is 19.3. The Balaban J connectivity index is 1.67. The van der Waals surface area contributed by atoms with Crippen LogP contribution < -0.4 is 15.6 Å². The molecular weight excluding hydrogens is 567 g/mol. The molecule has 2 aliphatic rings. The molecule has 2 amide bonds. The average Bonchev–Trinajstić information content (AvgIpc) is 3.72. The van der Waals surface area contributed by atoms with Crippen molar-refractivity contribution in [2.24, 2.45) is 5.92 Å². The molecule has 1 atom stereocenters. The number of carboxylic acid groups (broad SMARTS) is 1. The Morgan fingerprint density at radius 1 is 0.976 bits per heavy atom. The Hall–Kier alpha value is -4.37. The number of anilines is 1. The fraction of sp³-hybridized carbons (Fsp3) is 0.360. The first-order valence-electron chi connectivity index (χ1n) is 12.3. The number of benzene rings is 1. The van der Waals surface area contributed by atoms with Gasteiger partial charge in [0.05, 0.1) is 5.39 Å². The van der Waals surface area contributed by atoms with Gasteiger partial charge in [-0.3, -0.25) is 14.2 Å². The molecule has 1 aliphatic carbocycles. The number of amides is 2. The minimum atomic E-state index is -4.85. The molecule has 0 radical (unpaired) electrons. The lowest BCUT2D eigenvalue weighted by molar-refractivity contribution is -0.158. The van der Waals surface area contributed by atoms with E-state index in [9.17, 15) is 40.7 Å². The molecule has 1 aliphatic heterocycles. The quantitative estimate of drug-likeness (QED) is 0.440. The van der Waals surface area contributed by atoms with Crippen LogP contribution in [0.15, 0.2) is 29.2 Å². The van der Waals surface area contributed by atoms with Crippen LogP contribution in [0.1, 0.15) is 23.2 Å². The van der Waals surface area contributed by atoms with Gasteiger partial charge in [0.2, 0.25) is 5.43 Å². The molecule has 2 fully saturated rings. The van der Waals surface area contributed by atoms with Crippen molar-refractivity contribution < 1.29 is 45.4 Å². The number of halogens is 7. The Bertz CT molecular complexity index is 1590. The highest BCUT2D eigenvalue weighted by atomic mass is 19.4. The van der Waals surface area contributed by atoms with Crippen LogP contribution >= 0.6 is 0 Å². The van der Waals surface area contributed by atoms with E-state index in [0.717, 1.165) is 4.90 Å². The van der Waals surface area contributed by atoms with Gasteiger partial charge >= 0.3 is 12.3 Å². The van der Waals surface area contributed by atoms with E-state index in [1.54, 1.807) is 5.32 Å². The number of piperazine rings is 1. The lowest BCUT2D eigenvalue weighted by Crippen LogP contribution is -2.49. The fourth-order valence-electron chi connectivity index (χ4n) is 4.76. The van der Waals surface area contributed by atoms with Gasteiger partial charge in [0.15, 0.2) is 28.9 Å². The van der Waals surface area contributed by atoms with Gasteiger partial charge in [0.25, 0.3) is 5.91 Å². The zero-order chi connectivity index (χ0) is 29.8. The molecule has 41 heavy (non-hydrogen) atoms. The summed E-state index contributed by atoms with van der Waals surface area (Å²) < 4.78 is 99.9. The van der Waals surface area contributed by atoms with E-state index in [1.807, 2.05) is 0 Å². The van der Waals surface area contributed by atoms with Gasteiger partial charge in [-0.25, -0.2) is 27.3 Å². The summed E-state index contributed by atoms with van der Waals surface area (Å²) in [6.45, 7) is -0.149. The molecule has 218 valence electrons. The Morgan fingerprint density at radius 2 is 1.59 bits per heavy atom. The highest BCUT2D eigenvalue weighted by Crippen LogP contribution is 2.40. The van der Waals surface area contributed by atoms with Crippen LogP contribution in [0.2, 0.25) is 0 Å². The van der Waals surface area contributed by atoms with Crippen molar-refractivity contribution in [2.75, 3.05) is 31.1 Å². The fourth-order valence-corrected chi connectivity index (χ4v) is 4.76. The summed E-state index contributed by atoms with van der Waals surface area (Å²) in [5, 5.41) is 10.2. The Kier molecular flexibility index (Phi) is 7.03. The minimum absolute atomic E-state index is 0.0360. The molecule has 16 heteroatoms. The summed E-state index contributed by atoms with van der Waals surface area (Å²) in [4.78, 5) is 43.9. The molecule has 0 bridgehead atoms. The molecule has 5 rings (SSSR count). The van der Waals surface area contributed by atoms with E-state index in [4.69, 9.17) is 5.11 Å². The number of alkyl halides is 3. The number of fused-ring (bicyclic) bond motifs is 1. The lowest BCUT2D eigenvalue weighted by Gasteiger charge is -2.34. The van der Waals surface area contributed by atoms with Crippen molar-refractivity contribution in [3.63, 3.8) is 0 Å².